The first kappa shape index (κ1) is 8.56. The fourth-order valence-corrected chi connectivity index (χ4v) is 1.76. The molecule has 4 nitrogen and oxygen atoms in total. The van der Waals surface area contributed by atoms with Crippen LogP contribution in [-0.4, -0.2) is 27.2 Å². The highest BCUT2D eigenvalue weighted by molar-refractivity contribution is 5.24. The van der Waals surface area contributed by atoms with Gasteiger partial charge in [0.1, 0.15) is 0 Å². The van der Waals surface area contributed by atoms with Crippen LogP contribution in [0.3, 0.4) is 0 Å². The van der Waals surface area contributed by atoms with Gasteiger partial charge in [-0.3, -0.25) is 0 Å². The molecule has 3 N–H and O–H groups in total. The number of hydrogen-bond donors (Lipinski definition) is 3. The molecule has 0 aliphatic heterocycles. The highest BCUT2D eigenvalue weighted by Crippen LogP contribution is 2.20. The molecule has 0 saturated heterocycles. The Bertz CT molecular complexity index is 239. The van der Waals surface area contributed by atoms with Gasteiger partial charge in [0.2, 0.25) is 0 Å². The lowest BCUT2D eigenvalue weighted by Gasteiger charge is -2.25. The molecule has 4 heteroatoms. The van der Waals surface area contributed by atoms with Gasteiger partial charge < -0.3 is 15.4 Å². The van der Waals surface area contributed by atoms with Crippen molar-refractivity contribution in [3.05, 3.63) is 12.4 Å². The molecule has 0 unspecified atom stereocenters. The molecule has 1 aliphatic rings. The molecule has 1 aliphatic carbocycles. The van der Waals surface area contributed by atoms with Crippen LogP contribution in [0.15, 0.2) is 12.4 Å². The lowest BCUT2D eigenvalue weighted by Crippen LogP contribution is -2.28. The topological polar surface area (TPSA) is 60.9 Å². The van der Waals surface area contributed by atoms with E-state index in [4.69, 9.17) is 0 Å². The summed E-state index contributed by atoms with van der Waals surface area (Å²) in [4.78, 5) is 7.11. The third-order valence-corrected chi connectivity index (χ3v) is 2.54. The lowest BCUT2D eigenvalue weighted by molar-refractivity contribution is 0.126. The van der Waals surface area contributed by atoms with E-state index in [2.05, 4.69) is 15.3 Å². The van der Waals surface area contributed by atoms with E-state index in [0.29, 0.717) is 6.04 Å². The number of rotatable bonds is 2. The average Bonchev–Trinajstić information content (AvgIpc) is 2.62. The number of hydrogen-bond acceptors (Lipinski definition) is 3. The van der Waals surface area contributed by atoms with E-state index in [0.717, 1.165) is 31.6 Å². The Labute approximate surface area is 77.4 Å². The minimum Gasteiger partial charge on any atom is -0.393 e. The Kier molecular flexibility index (Phi) is 2.49. The van der Waals surface area contributed by atoms with Crippen molar-refractivity contribution in [1.82, 2.24) is 9.97 Å². The number of aromatic amines is 1. The summed E-state index contributed by atoms with van der Waals surface area (Å²) in [6.45, 7) is 0. The van der Waals surface area contributed by atoms with E-state index in [1.54, 1.807) is 12.4 Å². The standard InChI is InChI=1S/C9H15N3O/c13-8-3-1-7(2-4-8)12-9-10-5-6-11-9/h5-8,13H,1-4H2,(H2,10,11,12). The maximum Gasteiger partial charge on any atom is 0.200 e. The zero-order valence-electron chi connectivity index (χ0n) is 7.53. The van der Waals surface area contributed by atoms with Crippen molar-refractivity contribution < 1.29 is 5.11 Å². The van der Waals surface area contributed by atoms with Crippen molar-refractivity contribution in [1.29, 1.82) is 0 Å². The number of aliphatic hydroxyl groups is 1. The first-order valence-corrected chi connectivity index (χ1v) is 4.78. The molecule has 1 fully saturated rings. The lowest BCUT2D eigenvalue weighted by atomic mass is 9.93. The largest absolute Gasteiger partial charge is 0.393 e. The maximum absolute atomic E-state index is 9.30. The van der Waals surface area contributed by atoms with Crippen LogP contribution in [0.1, 0.15) is 25.7 Å². The summed E-state index contributed by atoms with van der Waals surface area (Å²) in [5.74, 6) is 0.835. The molecule has 13 heavy (non-hydrogen) atoms. The van der Waals surface area contributed by atoms with Crippen LogP contribution in [0.5, 0.6) is 0 Å². The quantitative estimate of drug-likeness (QED) is 0.641. The van der Waals surface area contributed by atoms with Gasteiger partial charge in [0.15, 0.2) is 5.95 Å². The second-order valence-electron chi connectivity index (χ2n) is 3.59. The number of aliphatic hydroxyl groups excluding tert-OH is 1. The molecule has 1 saturated carbocycles. The first-order valence-electron chi connectivity index (χ1n) is 4.78. The van der Waals surface area contributed by atoms with Crippen molar-refractivity contribution >= 4 is 5.95 Å². The van der Waals surface area contributed by atoms with Gasteiger partial charge in [0, 0.05) is 18.4 Å². The molecule has 0 spiro atoms. The summed E-state index contributed by atoms with van der Waals surface area (Å²) in [6.07, 6.45) is 7.31. The molecule has 2 rings (SSSR count). The molecule has 0 radical (unpaired) electrons. The Balaban J connectivity index is 1.83. The molecule has 1 aromatic heterocycles. The highest BCUT2D eigenvalue weighted by Gasteiger charge is 2.19. The van der Waals surface area contributed by atoms with Crippen LogP contribution < -0.4 is 5.32 Å². The van der Waals surface area contributed by atoms with Crippen molar-refractivity contribution in [3.8, 4) is 0 Å². The van der Waals surface area contributed by atoms with Crippen LogP contribution in [0, 0.1) is 0 Å². The number of aromatic nitrogens is 2. The fraction of sp³-hybridized carbons (Fsp3) is 0.667. The minimum absolute atomic E-state index is 0.0883. The van der Waals surface area contributed by atoms with Crippen LogP contribution >= 0.6 is 0 Å². The van der Waals surface area contributed by atoms with Gasteiger partial charge >= 0.3 is 0 Å². The number of anilines is 1. The van der Waals surface area contributed by atoms with Gasteiger partial charge in [-0.2, -0.15) is 0 Å². The summed E-state index contributed by atoms with van der Waals surface area (Å²) in [7, 11) is 0. The van der Waals surface area contributed by atoms with E-state index < -0.39 is 0 Å². The van der Waals surface area contributed by atoms with Gasteiger partial charge in [0.05, 0.1) is 6.10 Å². The number of H-pyrrole nitrogens is 1. The van der Waals surface area contributed by atoms with E-state index in [1.807, 2.05) is 0 Å². The summed E-state index contributed by atoms with van der Waals surface area (Å²) >= 11 is 0. The molecule has 0 aromatic carbocycles. The third-order valence-electron chi connectivity index (χ3n) is 2.54. The van der Waals surface area contributed by atoms with Gasteiger partial charge in [0.25, 0.3) is 0 Å². The monoisotopic (exact) mass is 181 g/mol. The van der Waals surface area contributed by atoms with Gasteiger partial charge in [-0.25, -0.2) is 4.98 Å². The van der Waals surface area contributed by atoms with Crippen LogP contribution in [0.2, 0.25) is 0 Å². The molecule has 0 amide bonds. The Morgan fingerprint density at radius 1 is 1.38 bits per heavy atom. The molecule has 72 valence electrons. The summed E-state index contributed by atoms with van der Waals surface area (Å²) in [5, 5.41) is 12.6. The molecular formula is C9H15N3O. The van der Waals surface area contributed by atoms with Gasteiger partial charge in [-0.1, -0.05) is 0 Å². The zero-order chi connectivity index (χ0) is 9.10. The highest BCUT2D eigenvalue weighted by atomic mass is 16.3. The Hall–Kier alpha value is -1.03. The van der Waals surface area contributed by atoms with Crippen molar-refractivity contribution in [3.63, 3.8) is 0 Å². The molecule has 1 heterocycles. The van der Waals surface area contributed by atoms with Crippen LogP contribution in [0.4, 0.5) is 5.95 Å². The second kappa shape index (κ2) is 3.79. The van der Waals surface area contributed by atoms with Crippen molar-refractivity contribution in [2.24, 2.45) is 0 Å². The van der Waals surface area contributed by atoms with E-state index in [1.165, 1.54) is 0 Å². The summed E-state index contributed by atoms with van der Waals surface area (Å²) in [6, 6.07) is 0.467. The summed E-state index contributed by atoms with van der Waals surface area (Å²) in [5.41, 5.74) is 0. The predicted octanol–water partition coefficient (Wildman–Crippen LogP) is 1.13. The van der Waals surface area contributed by atoms with Gasteiger partial charge in [-0.15, -0.1) is 0 Å². The second-order valence-corrected chi connectivity index (χ2v) is 3.59. The SMILES string of the molecule is OC1CCC(Nc2ncc[nH]2)CC1. The molecule has 0 bridgehead atoms. The molecule has 1 aromatic rings. The summed E-state index contributed by atoms with van der Waals surface area (Å²) < 4.78 is 0. The third kappa shape index (κ3) is 2.21. The first-order chi connectivity index (χ1) is 6.34. The van der Waals surface area contributed by atoms with E-state index in [-0.39, 0.29) is 6.10 Å². The number of nitrogens with zero attached hydrogens (tertiary/aromatic N) is 1. The van der Waals surface area contributed by atoms with Crippen molar-refractivity contribution in [2.45, 2.75) is 37.8 Å². The smallest absolute Gasteiger partial charge is 0.200 e. The number of imidazole rings is 1. The zero-order valence-corrected chi connectivity index (χ0v) is 7.53. The average molecular weight is 181 g/mol. The predicted molar refractivity (Wildman–Crippen MR) is 50.5 cm³/mol. The van der Waals surface area contributed by atoms with Crippen molar-refractivity contribution in [2.75, 3.05) is 5.32 Å². The van der Waals surface area contributed by atoms with E-state index >= 15 is 0 Å². The normalized spacial score (nSPS) is 28.7. The Morgan fingerprint density at radius 3 is 2.77 bits per heavy atom. The Morgan fingerprint density at radius 2 is 2.15 bits per heavy atom. The van der Waals surface area contributed by atoms with Crippen LogP contribution in [0.25, 0.3) is 0 Å². The fourth-order valence-electron chi connectivity index (χ4n) is 1.76. The minimum atomic E-state index is -0.0883. The van der Waals surface area contributed by atoms with Gasteiger partial charge in [-0.05, 0) is 25.7 Å². The molecule has 0 atom stereocenters. The van der Waals surface area contributed by atoms with E-state index in [9.17, 15) is 5.11 Å². The number of nitrogens with one attached hydrogen (secondary N) is 2. The molecular weight excluding hydrogens is 166 g/mol. The van der Waals surface area contributed by atoms with Crippen LogP contribution in [-0.2, 0) is 0 Å². The maximum atomic E-state index is 9.30.